The van der Waals surface area contributed by atoms with Crippen molar-refractivity contribution in [1.29, 1.82) is 0 Å². The lowest BCUT2D eigenvalue weighted by atomic mass is 10.2. The number of thiocarbonyl (C=S) groups is 1. The number of hydrogen-bond acceptors (Lipinski definition) is 5. The van der Waals surface area contributed by atoms with Crippen LogP contribution in [0.25, 0.3) is 6.08 Å². The number of carbonyl (C=O) groups is 2. The Labute approximate surface area is 204 Å². The van der Waals surface area contributed by atoms with E-state index in [1.165, 1.54) is 18.7 Å². The zero-order valence-corrected chi connectivity index (χ0v) is 20.1. The predicted octanol–water partition coefficient (Wildman–Crippen LogP) is 5.30. The molecule has 5 nitrogen and oxygen atoms in total. The van der Waals surface area contributed by atoms with E-state index in [1.807, 2.05) is 30.3 Å². The molecule has 1 fully saturated rings. The molecule has 1 atom stereocenters. The Hall–Kier alpha value is -1.77. The number of alkyl halides is 3. The second kappa shape index (κ2) is 10.2. The summed E-state index contributed by atoms with van der Waals surface area (Å²) >= 11 is 24.2. The summed E-state index contributed by atoms with van der Waals surface area (Å²) in [5.41, 5.74) is 1.78. The molecular formula is C21H17Cl3N2O3S2. The van der Waals surface area contributed by atoms with E-state index in [1.54, 1.807) is 35.2 Å². The van der Waals surface area contributed by atoms with Crippen molar-refractivity contribution in [3.05, 3.63) is 70.6 Å². The average Bonchev–Trinajstić information content (AvgIpc) is 2.96. The van der Waals surface area contributed by atoms with Gasteiger partial charge in [0.25, 0.3) is 5.91 Å². The average molecular weight is 516 g/mol. The molecule has 1 heterocycles. The van der Waals surface area contributed by atoms with Crippen LogP contribution in [0, 0.1) is 0 Å². The zero-order chi connectivity index (χ0) is 22.6. The topological polar surface area (TPSA) is 58.6 Å². The van der Waals surface area contributed by atoms with Crippen molar-refractivity contribution in [2.24, 2.45) is 0 Å². The maximum atomic E-state index is 12.8. The normalized spacial score (nSPS) is 16.5. The standard InChI is InChI=1S/C21H17Cl3N2O3S2/c1-13(27)25-19(21(22,23)24)29-16-9-7-14(8-10-16)11-17-18(28)26(20(30)31-17)12-15-5-3-2-4-6-15/h2-11,19H,12H2,1H3,(H,25,27). The fourth-order valence-electron chi connectivity index (χ4n) is 2.70. The van der Waals surface area contributed by atoms with Gasteiger partial charge in [0, 0.05) is 6.92 Å². The van der Waals surface area contributed by atoms with Gasteiger partial charge in [-0.1, -0.05) is 101 Å². The number of nitrogens with zero attached hydrogens (tertiary/aromatic N) is 1. The molecule has 1 unspecified atom stereocenters. The summed E-state index contributed by atoms with van der Waals surface area (Å²) in [6, 6.07) is 16.5. The largest absolute Gasteiger partial charge is 0.466 e. The summed E-state index contributed by atoms with van der Waals surface area (Å²) in [5, 5.41) is 2.44. The van der Waals surface area contributed by atoms with E-state index in [4.69, 9.17) is 51.8 Å². The van der Waals surface area contributed by atoms with Crippen molar-refractivity contribution in [3.8, 4) is 5.75 Å². The molecule has 0 aliphatic carbocycles. The monoisotopic (exact) mass is 514 g/mol. The summed E-state index contributed by atoms with van der Waals surface area (Å²) in [4.78, 5) is 26.2. The fraction of sp³-hybridized carbons (Fsp3) is 0.190. The Bertz CT molecular complexity index is 1010. The maximum absolute atomic E-state index is 12.8. The van der Waals surface area contributed by atoms with Crippen LogP contribution >= 0.6 is 58.8 Å². The minimum absolute atomic E-state index is 0.138. The third kappa shape index (κ3) is 6.60. The first-order valence-electron chi connectivity index (χ1n) is 9.03. The minimum Gasteiger partial charge on any atom is -0.466 e. The zero-order valence-electron chi connectivity index (χ0n) is 16.2. The van der Waals surface area contributed by atoms with Crippen LogP contribution in [0.5, 0.6) is 5.75 Å². The molecule has 162 valence electrons. The van der Waals surface area contributed by atoms with Crippen molar-refractivity contribution in [1.82, 2.24) is 10.2 Å². The van der Waals surface area contributed by atoms with E-state index >= 15 is 0 Å². The molecule has 1 saturated heterocycles. The lowest BCUT2D eigenvalue weighted by Crippen LogP contribution is -2.47. The number of nitrogens with one attached hydrogen (secondary N) is 1. The molecule has 1 aliphatic heterocycles. The highest BCUT2D eigenvalue weighted by molar-refractivity contribution is 8.26. The summed E-state index contributed by atoms with van der Waals surface area (Å²) in [6.45, 7) is 1.72. The number of rotatable bonds is 6. The molecule has 10 heteroatoms. The molecule has 0 bridgehead atoms. The summed E-state index contributed by atoms with van der Waals surface area (Å²) in [7, 11) is 0. The Morgan fingerprint density at radius 2 is 1.84 bits per heavy atom. The van der Waals surface area contributed by atoms with Gasteiger partial charge in [-0.15, -0.1) is 0 Å². The van der Waals surface area contributed by atoms with Crippen LogP contribution in [0.3, 0.4) is 0 Å². The van der Waals surface area contributed by atoms with Crippen LogP contribution in [-0.4, -0.2) is 31.1 Å². The molecule has 2 amide bonds. The van der Waals surface area contributed by atoms with Gasteiger partial charge in [0.05, 0.1) is 11.4 Å². The molecule has 1 aliphatic rings. The van der Waals surface area contributed by atoms with E-state index in [2.05, 4.69) is 5.32 Å². The number of carbonyl (C=O) groups excluding carboxylic acids is 2. The number of amides is 2. The van der Waals surface area contributed by atoms with Crippen LogP contribution in [0.1, 0.15) is 18.1 Å². The third-order valence-corrected chi connectivity index (χ3v) is 6.09. The van der Waals surface area contributed by atoms with Gasteiger partial charge in [-0.2, -0.15) is 0 Å². The molecular weight excluding hydrogens is 499 g/mol. The van der Waals surface area contributed by atoms with E-state index in [9.17, 15) is 9.59 Å². The fourth-order valence-corrected chi connectivity index (χ4v) is 4.25. The number of benzene rings is 2. The van der Waals surface area contributed by atoms with Crippen molar-refractivity contribution in [3.63, 3.8) is 0 Å². The molecule has 31 heavy (non-hydrogen) atoms. The van der Waals surface area contributed by atoms with E-state index in [-0.39, 0.29) is 5.91 Å². The highest BCUT2D eigenvalue weighted by atomic mass is 35.6. The second-order valence-electron chi connectivity index (χ2n) is 6.56. The van der Waals surface area contributed by atoms with Crippen molar-refractivity contribution in [2.45, 2.75) is 23.5 Å². The molecule has 0 aromatic heterocycles. The number of hydrogen-bond donors (Lipinski definition) is 1. The van der Waals surface area contributed by atoms with Crippen LogP contribution in [0.2, 0.25) is 0 Å². The number of halogens is 3. The second-order valence-corrected chi connectivity index (χ2v) is 10.6. The van der Waals surface area contributed by atoms with Gasteiger partial charge >= 0.3 is 0 Å². The van der Waals surface area contributed by atoms with Crippen LogP contribution < -0.4 is 10.1 Å². The Morgan fingerprint density at radius 1 is 1.19 bits per heavy atom. The molecule has 0 radical (unpaired) electrons. The highest BCUT2D eigenvalue weighted by Gasteiger charge is 2.35. The minimum atomic E-state index is -1.85. The van der Waals surface area contributed by atoms with Gasteiger partial charge in [-0.3, -0.25) is 14.5 Å². The van der Waals surface area contributed by atoms with Crippen LogP contribution in [0.15, 0.2) is 59.5 Å². The Balaban J connectivity index is 1.70. The molecule has 3 rings (SSSR count). The lowest BCUT2D eigenvalue weighted by molar-refractivity contribution is -0.123. The van der Waals surface area contributed by atoms with E-state index in [0.29, 0.717) is 21.5 Å². The first kappa shape index (κ1) is 23.9. The van der Waals surface area contributed by atoms with Gasteiger partial charge in [0.1, 0.15) is 10.1 Å². The molecule has 1 N–H and O–H groups in total. The van der Waals surface area contributed by atoms with Crippen LogP contribution in [0.4, 0.5) is 0 Å². The first-order valence-corrected chi connectivity index (χ1v) is 11.4. The van der Waals surface area contributed by atoms with Crippen molar-refractivity contribution >= 4 is 81.0 Å². The van der Waals surface area contributed by atoms with E-state index < -0.39 is 15.9 Å². The molecule has 0 spiro atoms. The first-order chi connectivity index (χ1) is 14.6. The Kier molecular flexibility index (Phi) is 7.88. The quantitative estimate of drug-likeness (QED) is 0.245. The SMILES string of the molecule is CC(=O)NC(Oc1ccc(C=C2SC(=S)N(Cc3ccccc3)C2=O)cc1)C(Cl)(Cl)Cl. The summed E-state index contributed by atoms with van der Waals surface area (Å²) < 4.78 is 4.25. The van der Waals surface area contributed by atoms with E-state index in [0.717, 1.165) is 11.1 Å². The van der Waals surface area contributed by atoms with Gasteiger partial charge in [0.15, 0.2) is 0 Å². The number of ether oxygens (including phenoxy) is 1. The summed E-state index contributed by atoms with van der Waals surface area (Å²) in [5.74, 6) is -0.148. The molecule has 2 aromatic rings. The predicted molar refractivity (Wildman–Crippen MR) is 130 cm³/mol. The third-order valence-electron chi connectivity index (χ3n) is 4.12. The van der Waals surface area contributed by atoms with Gasteiger partial charge in [-0.05, 0) is 29.3 Å². The molecule has 0 saturated carbocycles. The van der Waals surface area contributed by atoms with Gasteiger partial charge in [-0.25, -0.2) is 0 Å². The number of thioether (sulfide) groups is 1. The highest BCUT2D eigenvalue weighted by Crippen LogP contribution is 2.34. The summed E-state index contributed by atoms with van der Waals surface area (Å²) in [6.07, 6.45) is 0.601. The smallest absolute Gasteiger partial charge is 0.266 e. The van der Waals surface area contributed by atoms with Crippen molar-refractivity contribution in [2.75, 3.05) is 0 Å². The van der Waals surface area contributed by atoms with Gasteiger partial charge < -0.3 is 10.1 Å². The lowest BCUT2D eigenvalue weighted by Gasteiger charge is -2.25. The Morgan fingerprint density at radius 3 is 2.42 bits per heavy atom. The van der Waals surface area contributed by atoms with Crippen molar-refractivity contribution < 1.29 is 14.3 Å². The van der Waals surface area contributed by atoms with Crippen LogP contribution in [-0.2, 0) is 16.1 Å². The maximum Gasteiger partial charge on any atom is 0.266 e. The van der Waals surface area contributed by atoms with Gasteiger partial charge in [0.2, 0.25) is 15.9 Å². The molecule has 2 aromatic carbocycles.